The zero-order chi connectivity index (χ0) is 32.1. The van der Waals surface area contributed by atoms with E-state index in [0.717, 1.165) is 61.6 Å². The van der Waals surface area contributed by atoms with Crippen LogP contribution in [0.2, 0.25) is 0 Å². The maximum Gasteiger partial charge on any atom is 0.138 e. The third-order valence-electron chi connectivity index (χ3n) is 9.27. The molecule has 0 aliphatic heterocycles. The molecule has 3 nitrogen and oxygen atoms in total. The fourth-order valence-corrected chi connectivity index (χ4v) is 7.07. The standard InChI is InChI=1S/C44H33N3/c1-4-6-7-8-14-31-25-29(21-23-34(31)35-16-9-11-19-39(35)45)30-22-24-41-38(26-30)36-17-10-12-20-40(36)47(41)42-27-32-15-13-18-37-33(5-2)28(3)44(46-42)43(32)37/h4-27H,1-2,45H2,3H3/b7-6-,14-8-. The summed E-state index contributed by atoms with van der Waals surface area (Å²) in [5.74, 6) is 0.915. The Morgan fingerprint density at radius 3 is 2.30 bits per heavy atom. The first-order valence-electron chi connectivity index (χ1n) is 15.8. The van der Waals surface area contributed by atoms with Gasteiger partial charge in [0.2, 0.25) is 0 Å². The fraction of sp³-hybridized carbons (Fsp3) is 0.0227. The molecule has 1 aliphatic carbocycles. The Balaban J connectivity index is 1.31. The Labute approximate surface area is 274 Å². The summed E-state index contributed by atoms with van der Waals surface area (Å²) in [5, 5.41) is 4.77. The first kappa shape index (κ1) is 28.3. The predicted octanol–water partition coefficient (Wildman–Crippen LogP) is 11.4. The Bertz CT molecular complexity index is 2520. The highest BCUT2D eigenvalue weighted by Gasteiger charge is 2.23. The number of nitrogens with zero attached hydrogens (tertiary/aromatic N) is 2. The minimum Gasteiger partial charge on any atom is -0.398 e. The highest BCUT2D eigenvalue weighted by Crippen LogP contribution is 2.43. The smallest absolute Gasteiger partial charge is 0.138 e. The highest BCUT2D eigenvalue weighted by atomic mass is 15.1. The summed E-state index contributed by atoms with van der Waals surface area (Å²) in [4.78, 5) is 5.30. The lowest BCUT2D eigenvalue weighted by Crippen LogP contribution is -2.00. The van der Waals surface area contributed by atoms with E-state index >= 15 is 0 Å². The van der Waals surface area contributed by atoms with Crippen LogP contribution in [0.3, 0.4) is 0 Å². The molecule has 0 bridgehead atoms. The maximum absolute atomic E-state index is 6.42. The second kappa shape index (κ2) is 11.3. The summed E-state index contributed by atoms with van der Waals surface area (Å²) in [6.45, 7) is 10.0. The molecule has 0 unspecified atom stereocenters. The first-order chi connectivity index (χ1) is 23.1. The summed E-state index contributed by atoms with van der Waals surface area (Å²) in [6, 6.07) is 38.7. The van der Waals surface area contributed by atoms with Crippen molar-refractivity contribution in [3.63, 3.8) is 0 Å². The molecule has 0 radical (unpaired) electrons. The molecule has 2 aromatic heterocycles. The number of para-hydroxylation sites is 2. The van der Waals surface area contributed by atoms with Crippen LogP contribution in [-0.2, 0) is 0 Å². The van der Waals surface area contributed by atoms with Gasteiger partial charge in [-0.1, -0.05) is 122 Å². The van der Waals surface area contributed by atoms with Crippen LogP contribution in [0.5, 0.6) is 0 Å². The summed E-state index contributed by atoms with van der Waals surface area (Å²) < 4.78 is 2.30. The second-order valence-corrected chi connectivity index (χ2v) is 11.9. The van der Waals surface area contributed by atoms with Crippen LogP contribution in [-0.4, -0.2) is 9.55 Å². The first-order valence-corrected chi connectivity index (χ1v) is 15.8. The van der Waals surface area contributed by atoms with E-state index in [1.165, 1.54) is 32.7 Å². The Kier molecular flexibility index (Phi) is 6.81. The third kappa shape index (κ3) is 4.55. The van der Waals surface area contributed by atoms with E-state index in [4.69, 9.17) is 10.7 Å². The molecule has 0 amide bonds. The average Bonchev–Trinajstić information content (AvgIpc) is 3.58. The van der Waals surface area contributed by atoms with E-state index in [2.05, 4.69) is 122 Å². The summed E-state index contributed by atoms with van der Waals surface area (Å²) in [6.07, 6.45) is 11.8. The Morgan fingerprint density at radius 1 is 0.681 bits per heavy atom. The van der Waals surface area contributed by atoms with Gasteiger partial charge in [0, 0.05) is 27.4 Å². The molecule has 0 atom stereocenters. The van der Waals surface area contributed by atoms with E-state index in [1.54, 1.807) is 6.08 Å². The van der Waals surface area contributed by atoms with Crippen molar-refractivity contribution in [3.8, 4) is 28.1 Å². The zero-order valence-electron chi connectivity index (χ0n) is 26.2. The van der Waals surface area contributed by atoms with Gasteiger partial charge < -0.3 is 5.73 Å². The number of benzene rings is 5. The SMILES string of the molecule is C=C/C=C\C=C/c1cc(-c2ccc3c(c2)c2ccccc2n3-c2cc3cccc4c3c(n2)C(C)=C4C=C)ccc1-c1ccccc1N. The van der Waals surface area contributed by atoms with Crippen LogP contribution in [0.15, 0.2) is 153 Å². The minimum atomic E-state index is 0.759. The maximum atomic E-state index is 6.42. The lowest BCUT2D eigenvalue weighted by Gasteiger charge is -2.13. The number of nitrogens with two attached hydrogens (primary N) is 1. The highest BCUT2D eigenvalue weighted by molar-refractivity contribution is 6.15. The van der Waals surface area contributed by atoms with E-state index in [-0.39, 0.29) is 0 Å². The second-order valence-electron chi connectivity index (χ2n) is 11.9. The Hall–Kier alpha value is -6.19. The number of pyridine rings is 1. The molecule has 1 aliphatic rings. The number of hydrogen-bond acceptors (Lipinski definition) is 2. The molecular weight excluding hydrogens is 571 g/mol. The van der Waals surface area contributed by atoms with Crippen LogP contribution in [0.4, 0.5) is 5.69 Å². The largest absolute Gasteiger partial charge is 0.398 e. The topological polar surface area (TPSA) is 43.8 Å². The summed E-state index contributed by atoms with van der Waals surface area (Å²) in [7, 11) is 0. The molecule has 2 N–H and O–H groups in total. The number of aromatic nitrogens is 2. The molecule has 5 aromatic carbocycles. The fourth-order valence-electron chi connectivity index (χ4n) is 7.07. The quantitative estimate of drug-likeness (QED) is 0.145. The minimum absolute atomic E-state index is 0.759. The molecule has 0 spiro atoms. The number of rotatable bonds is 7. The van der Waals surface area contributed by atoms with E-state index in [0.29, 0.717) is 0 Å². The van der Waals surface area contributed by atoms with Crippen molar-refractivity contribution in [3.05, 3.63) is 170 Å². The van der Waals surface area contributed by atoms with E-state index in [1.807, 2.05) is 42.5 Å². The van der Waals surface area contributed by atoms with Crippen LogP contribution in [0.1, 0.15) is 23.7 Å². The van der Waals surface area contributed by atoms with Gasteiger partial charge in [-0.15, -0.1) is 0 Å². The molecule has 0 fully saturated rings. The summed E-state index contributed by atoms with van der Waals surface area (Å²) in [5.41, 5.74) is 19.5. The van der Waals surface area contributed by atoms with Crippen molar-refractivity contribution in [2.75, 3.05) is 5.73 Å². The van der Waals surface area contributed by atoms with Crippen LogP contribution < -0.4 is 5.73 Å². The summed E-state index contributed by atoms with van der Waals surface area (Å²) >= 11 is 0. The average molecular weight is 604 g/mol. The molecule has 8 rings (SSSR count). The van der Waals surface area contributed by atoms with Gasteiger partial charge in [-0.3, -0.25) is 4.57 Å². The van der Waals surface area contributed by atoms with Crippen molar-refractivity contribution >= 4 is 55.5 Å². The van der Waals surface area contributed by atoms with Gasteiger partial charge in [0.05, 0.1) is 16.7 Å². The number of allylic oxidation sites excluding steroid dienone is 7. The van der Waals surface area contributed by atoms with Crippen molar-refractivity contribution < 1.29 is 0 Å². The van der Waals surface area contributed by atoms with E-state index in [9.17, 15) is 0 Å². The lowest BCUT2D eigenvalue weighted by atomic mass is 9.93. The van der Waals surface area contributed by atoms with Gasteiger partial charge in [0.15, 0.2) is 0 Å². The molecule has 3 heteroatoms. The number of hydrogen-bond donors (Lipinski definition) is 1. The van der Waals surface area contributed by atoms with Crippen molar-refractivity contribution in [1.82, 2.24) is 9.55 Å². The molecule has 0 saturated carbocycles. The number of anilines is 1. The Morgan fingerprint density at radius 2 is 1.45 bits per heavy atom. The van der Waals surface area contributed by atoms with Crippen LogP contribution >= 0.6 is 0 Å². The number of fused-ring (bicyclic) bond motifs is 3. The van der Waals surface area contributed by atoms with Crippen molar-refractivity contribution in [2.45, 2.75) is 6.92 Å². The van der Waals surface area contributed by atoms with Gasteiger partial charge in [-0.05, 0) is 87.7 Å². The third-order valence-corrected chi connectivity index (χ3v) is 9.27. The van der Waals surface area contributed by atoms with Crippen molar-refractivity contribution in [2.24, 2.45) is 0 Å². The van der Waals surface area contributed by atoms with Gasteiger partial charge in [-0.2, -0.15) is 0 Å². The van der Waals surface area contributed by atoms with Crippen LogP contribution in [0, 0.1) is 0 Å². The molecule has 47 heavy (non-hydrogen) atoms. The van der Waals surface area contributed by atoms with Crippen molar-refractivity contribution in [1.29, 1.82) is 0 Å². The van der Waals surface area contributed by atoms with Gasteiger partial charge in [0.1, 0.15) is 5.82 Å². The van der Waals surface area contributed by atoms with Gasteiger partial charge >= 0.3 is 0 Å². The van der Waals surface area contributed by atoms with Crippen LogP contribution in [0.25, 0.3) is 77.9 Å². The number of nitrogen functional groups attached to an aromatic ring is 1. The van der Waals surface area contributed by atoms with E-state index < -0.39 is 0 Å². The normalized spacial score (nSPS) is 12.8. The molecule has 0 saturated heterocycles. The van der Waals surface area contributed by atoms with Gasteiger partial charge in [0.25, 0.3) is 0 Å². The molecule has 224 valence electrons. The molecule has 2 heterocycles. The molecular formula is C44H33N3. The van der Waals surface area contributed by atoms with Gasteiger partial charge in [-0.25, -0.2) is 4.98 Å². The lowest BCUT2D eigenvalue weighted by molar-refractivity contribution is 1.08. The predicted molar refractivity (Wildman–Crippen MR) is 202 cm³/mol. The molecule has 7 aromatic rings. The monoisotopic (exact) mass is 603 g/mol. The zero-order valence-corrected chi connectivity index (χ0v) is 26.2.